The number of fused-ring (bicyclic) bond motifs is 1. The van der Waals surface area contributed by atoms with Gasteiger partial charge in [0.25, 0.3) is 5.91 Å². The quantitative estimate of drug-likeness (QED) is 0.783. The SMILES string of the molecule is COc1ccc(C(CC(=O)O)NC(=O)c2ccc3c(c2)CCC3)cc1OC. The maximum absolute atomic E-state index is 12.7. The minimum Gasteiger partial charge on any atom is -0.493 e. The van der Waals surface area contributed by atoms with Gasteiger partial charge < -0.3 is 19.9 Å². The second-order valence-corrected chi connectivity index (χ2v) is 6.58. The molecule has 0 radical (unpaired) electrons. The van der Waals surface area contributed by atoms with Crippen molar-refractivity contribution in [2.45, 2.75) is 31.7 Å². The van der Waals surface area contributed by atoms with Crippen LogP contribution in [0.25, 0.3) is 0 Å². The summed E-state index contributed by atoms with van der Waals surface area (Å²) in [4.78, 5) is 24.1. The number of hydrogen-bond acceptors (Lipinski definition) is 4. The summed E-state index contributed by atoms with van der Waals surface area (Å²) in [5.74, 6) is -0.257. The van der Waals surface area contributed by atoms with Crippen molar-refractivity contribution < 1.29 is 24.2 Å². The summed E-state index contributed by atoms with van der Waals surface area (Å²) < 4.78 is 10.5. The molecule has 0 saturated heterocycles. The fourth-order valence-electron chi connectivity index (χ4n) is 3.45. The number of amides is 1. The molecule has 2 N–H and O–H groups in total. The third-order valence-electron chi connectivity index (χ3n) is 4.85. The van der Waals surface area contributed by atoms with Crippen LogP contribution in [0.1, 0.15) is 45.9 Å². The highest BCUT2D eigenvalue weighted by Gasteiger charge is 2.21. The Bertz CT molecular complexity index is 862. The van der Waals surface area contributed by atoms with Crippen molar-refractivity contribution in [1.82, 2.24) is 5.32 Å². The Morgan fingerprint density at radius 2 is 1.78 bits per heavy atom. The molecule has 27 heavy (non-hydrogen) atoms. The van der Waals surface area contributed by atoms with Crippen LogP contribution in [0.4, 0.5) is 0 Å². The normalized spacial score (nSPS) is 13.6. The number of carbonyl (C=O) groups is 2. The standard InChI is InChI=1S/C21H23NO5/c1-26-18-9-8-15(11-19(18)27-2)17(12-20(23)24)22-21(25)16-7-6-13-4-3-5-14(13)10-16/h6-11,17H,3-5,12H2,1-2H3,(H,22,25)(H,23,24). The Hall–Kier alpha value is -3.02. The number of aliphatic carboxylic acids is 1. The number of nitrogens with one attached hydrogen (secondary N) is 1. The van der Waals surface area contributed by atoms with E-state index in [2.05, 4.69) is 5.32 Å². The molecular formula is C21H23NO5. The number of hydrogen-bond donors (Lipinski definition) is 2. The van der Waals surface area contributed by atoms with Crippen LogP contribution in [-0.4, -0.2) is 31.2 Å². The summed E-state index contributed by atoms with van der Waals surface area (Å²) in [5.41, 5.74) is 3.67. The number of rotatable bonds is 7. The molecule has 1 aliphatic carbocycles. The van der Waals surface area contributed by atoms with E-state index in [1.807, 2.05) is 12.1 Å². The molecule has 0 saturated carbocycles. The van der Waals surface area contributed by atoms with Gasteiger partial charge in [0, 0.05) is 5.56 Å². The Kier molecular flexibility index (Phi) is 5.64. The fraction of sp³-hybridized carbons (Fsp3) is 0.333. The first-order valence-corrected chi connectivity index (χ1v) is 8.88. The van der Waals surface area contributed by atoms with Gasteiger partial charge >= 0.3 is 5.97 Å². The molecule has 2 aromatic carbocycles. The molecule has 0 aromatic heterocycles. The molecule has 6 heteroatoms. The molecule has 3 rings (SSSR count). The molecule has 0 spiro atoms. The fourth-order valence-corrected chi connectivity index (χ4v) is 3.45. The average Bonchev–Trinajstić information content (AvgIpc) is 3.14. The molecule has 1 unspecified atom stereocenters. The highest BCUT2D eigenvalue weighted by molar-refractivity contribution is 5.95. The van der Waals surface area contributed by atoms with Crippen molar-refractivity contribution >= 4 is 11.9 Å². The summed E-state index contributed by atoms with van der Waals surface area (Å²) in [6.45, 7) is 0. The van der Waals surface area contributed by atoms with E-state index < -0.39 is 12.0 Å². The van der Waals surface area contributed by atoms with Crippen LogP contribution in [0.3, 0.4) is 0 Å². The van der Waals surface area contributed by atoms with Crippen molar-refractivity contribution in [3.05, 3.63) is 58.7 Å². The molecular weight excluding hydrogens is 346 g/mol. The average molecular weight is 369 g/mol. The molecule has 0 heterocycles. The zero-order valence-corrected chi connectivity index (χ0v) is 15.5. The summed E-state index contributed by atoms with van der Waals surface area (Å²) in [6, 6.07) is 10.1. The third-order valence-corrected chi connectivity index (χ3v) is 4.85. The van der Waals surface area contributed by atoms with Crippen LogP contribution < -0.4 is 14.8 Å². The first kappa shape index (κ1) is 18.8. The maximum Gasteiger partial charge on any atom is 0.305 e. The molecule has 0 bridgehead atoms. The van der Waals surface area contributed by atoms with Crippen molar-refractivity contribution in [1.29, 1.82) is 0 Å². The minimum absolute atomic E-state index is 0.230. The lowest BCUT2D eigenvalue weighted by atomic mass is 10.0. The van der Waals surface area contributed by atoms with Crippen molar-refractivity contribution in [3.63, 3.8) is 0 Å². The number of ether oxygens (including phenoxy) is 2. The van der Waals surface area contributed by atoms with E-state index in [0.717, 1.165) is 19.3 Å². The summed E-state index contributed by atoms with van der Waals surface area (Å²) in [7, 11) is 3.04. The number of carboxylic acids is 1. The van der Waals surface area contributed by atoms with E-state index in [9.17, 15) is 14.7 Å². The number of aryl methyl sites for hydroxylation is 2. The Labute approximate surface area is 158 Å². The summed E-state index contributed by atoms with van der Waals surface area (Å²) in [6.07, 6.45) is 2.90. The van der Waals surface area contributed by atoms with Crippen LogP contribution in [0.2, 0.25) is 0 Å². The van der Waals surface area contributed by atoms with Crippen molar-refractivity contribution in [2.24, 2.45) is 0 Å². The Morgan fingerprint density at radius 1 is 1.04 bits per heavy atom. The number of carbonyl (C=O) groups excluding carboxylic acids is 1. The van der Waals surface area contributed by atoms with Crippen LogP contribution in [-0.2, 0) is 17.6 Å². The monoisotopic (exact) mass is 369 g/mol. The molecule has 0 fully saturated rings. The molecule has 1 aliphatic rings. The van der Waals surface area contributed by atoms with Crippen molar-refractivity contribution in [3.8, 4) is 11.5 Å². The number of benzene rings is 2. The zero-order chi connectivity index (χ0) is 19.4. The van der Waals surface area contributed by atoms with Crippen LogP contribution in [0.5, 0.6) is 11.5 Å². The lowest BCUT2D eigenvalue weighted by Crippen LogP contribution is -2.30. The zero-order valence-electron chi connectivity index (χ0n) is 15.5. The summed E-state index contributed by atoms with van der Waals surface area (Å²) in [5, 5.41) is 12.1. The van der Waals surface area contributed by atoms with Crippen LogP contribution in [0.15, 0.2) is 36.4 Å². The van der Waals surface area contributed by atoms with Gasteiger partial charge in [-0.25, -0.2) is 0 Å². The smallest absolute Gasteiger partial charge is 0.305 e. The van der Waals surface area contributed by atoms with Crippen LogP contribution in [0, 0.1) is 0 Å². The molecule has 0 aliphatic heterocycles. The van der Waals surface area contributed by atoms with Gasteiger partial charge in [0.1, 0.15) is 0 Å². The van der Waals surface area contributed by atoms with Gasteiger partial charge in [0.2, 0.25) is 0 Å². The van der Waals surface area contributed by atoms with E-state index in [1.165, 1.54) is 25.3 Å². The van der Waals surface area contributed by atoms with E-state index in [4.69, 9.17) is 9.47 Å². The second-order valence-electron chi connectivity index (χ2n) is 6.58. The van der Waals surface area contributed by atoms with Crippen molar-refractivity contribution in [2.75, 3.05) is 14.2 Å². The van der Waals surface area contributed by atoms with Gasteiger partial charge in [-0.2, -0.15) is 0 Å². The summed E-state index contributed by atoms with van der Waals surface area (Å²) >= 11 is 0. The predicted octanol–water partition coefficient (Wildman–Crippen LogP) is 3.14. The van der Waals surface area contributed by atoms with E-state index in [0.29, 0.717) is 22.6 Å². The van der Waals surface area contributed by atoms with Gasteiger partial charge in [0.15, 0.2) is 11.5 Å². The molecule has 1 amide bonds. The largest absolute Gasteiger partial charge is 0.493 e. The van der Waals surface area contributed by atoms with Gasteiger partial charge in [-0.1, -0.05) is 12.1 Å². The first-order chi connectivity index (χ1) is 13.0. The van der Waals surface area contributed by atoms with Gasteiger partial charge in [-0.15, -0.1) is 0 Å². The lowest BCUT2D eigenvalue weighted by molar-refractivity contribution is -0.137. The molecule has 2 aromatic rings. The number of carboxylic acid groups (broad SMARTS) is 1. The van der Waals surface area contributed by atoms with E-state index >= 15 is 0 Å². The van der Waals surface area contributed by atoms with Gasteiger partial charge in [0.05, 0.1) is 26.7 Å². The van der Waals surface area contributed by atoms with Gasteiger partial charge in [-0.3, -0.25) is 9.59 Å². The topological polar surface area (TPSA) is 84.9 Å². The third kappa shape index (κ3) is 4.22. The maximum atomic E-state index is 12.7. The van der Waals surface area contributed by atoms with E-state index in [-0.39, 0.29) is 12.3 Å². The Morgan fingerprint density at radius 3 is 2.48 bits per heavy atom. The molecule has 1 atom stereocenters. The molecule has 142 valence electrons. The predicted molar refractivity (Wildman–Crippen MR) is 100 cm³/mol. The highest BCUT2D eigenvalue weighted by Crippen LogP contribution is 2.31. The number of methoxy groups -OCH3 is 2. The van der Waals surface area contributed by atoms with Crippen LogP contribution >= 0.6 is 0 Å². The molecule has 6 nitrogen and oxygen atoms in total. The minimum atomic E-state index is -0.996. The second kappa shape index (κ2) is 8.12. The van der Waals surface area contributed by atoms with E-state index in [1.54, 1.807) is 24.3 Å². The highest BCUT2D eigenvalue weighted by atomic mass is 16.5. The van der Waals surface area contributed by atoms with Gasteiger partial charge in [-0.05, 0) is 60.2 Å². The first-order valence-electron chi connectivity index (χ1n) is 8.88. The Balaban J connectivity index is 1.85. The lowest BCUT2D eigenvalue weighted by Gasteiger charge is -2.19.